The number of carbonyl (C=O) groups is 3. The Morgan fingerprint density at radius 1 is 1.07 bits per heavy atom. The van der Waals surface area contributed by atoms with Gasteiger partial charge in [0.05, 0.1) is 18.4 Å². The van der Waals surface area contributed by atoms with Crippen LogP contribution < -0.4 is 0 Å². The van der Waals surface area contributed by atoms with Crippen molar-refractivity contribution in [3.05, 3.63) is 59.5 Å². The molecule has 3 aliphatic heterocycles. The molecule has 30 heavy (non-hydrogen) atoms. The van der Waals surface area contributed by atoms with E-state index in [1.807, 2.05) is 24.3 Å². The molecule has 8 nitrogen and oxygen atoms in total. The number of furan rings is 1. The third-order valence-corrected chi connectivity index (χ3v) is 6.03. The molecule has 2 aromatic rings. The van der Waals surface area contributed by atoms with Crippen LogP contribution in [0.1, 0.15) is 49.6 Å². The highest BCUT2D eigenvalue weighted by atomic mass is 16.7. The van der Waals surface area contributed by atoms with Gasteiger partial charge in [0, 0.05) is 13.8 Å². The lowest BCUT2D eigenvalue weighted by molar-refractivity contribution is -0.254. The van der Waals surface area contributed by atoms with Crippen molar-refractivity contribution >= 4 is 23.9 Å². The Morgan fingerprint density at radius 2 is 1.77 bits per heavy atom. The molecule has 3 aliphatic rings. The molecule has 2 fully saturated rings. The van der Waals surface area contributed by atoms with Gasteiger partial charge in [-0.05, 0) is 30.2 Å². The molecule has 4 heterocycles. The zero-order valence-electron chi connectivity index (χ0n) is 16.7. The maximum atomic E-state index is 13.6. The Labute approximate surface area is 172 Å². The van der Waals surface area contributed by atoms with E-state index in [-0.39, 0.29) is 5.78 Å². The second-order valence-electron chi connectivity index (χ2n) is 8.25. The smallest absolute Gasteiger partial charge is 0.330 e. The number of ketones is 1. The van der Waals surface area contributed by atoms with Gasteiger partial charge in [0.25, 0.3) is 5.79 Å². The number of hydrogen-bond donors (Lipinski definition) is 0. The van der Waals surface area contributed by atoms with Crippen LogP contribution in [0.25, 0.3) is 0 Å². The number of benzene rings is 1. The normalized spacial score (nSPS) is 28.0. The van der Waals surface area contributed by atoms with Gasteiger partial charge < -0.3 is 13.9 Å². The molecule has 0 amide bonds. The van der Waals surface area contributed by atoms with Gasteiger partial charge in [-0.1, -0.05) is 24.3 Å². The third kappa shape index (κ3) is 2.27. The molecule has 0 bridgehead atoms. The number of carbonyl (C=O) groups excluding carboxylic acids is 3. The van der Waals surface area contributed by atoms with Gasteiger partial charge >= 0.3 is 11.9 Å². The Balaban J connectivity index is 1.83. The quantitative estimate of drug-likeness (QED) is 0.556. The summed E-state index contributed by atoms with van der Waals surface area (Å²) >= 11 is 0. The fourth-order valence-electron chi connectivity index (χ4n) is 4.94. The van der Waals surface area contributed by atoms with Crippen molar-refractivity contribution in [1.29, 1.82) is 0 Å². The zero-order chi connectivity index (χ0) is 21.3. The van der Waals surface area contributed by atoms with E-state index in [4.69, 9.17) is 13.9 Å². The van der Waals surface area contributed by atoms with Crippen LogP contribution >= 0.6 is 0 Å². The van der Waals surface area contributed by atoms with Gasteiger partial charge in [-0.25, -0.2) is 0 Å². The number of ether oxygens (including phenoxy) is 2. The van der Waals surface area contributed by atoms with Gasteiger partial charge in [-0.15, -0.1) is 0 Å². The van der Waals surface area contributed by atoms with Crippen molar-refractivity contribution in [2.24, 2.45) is 10.5 Å². The summed E-state index contributed by atoms with van der Waals surface area (Å²) in [5, 5.41) is 6.01. The van der Waals surface area contributed by atoms with Crippen LogP contribution in [0.15, 0.2) is 52.2 Å². The van der Waals surface area contributed by atoms with Crippen LogP contribution in [0.5, 0.6) is 0 Å². The Bertz CT molecular complexity index is 1070. The van der Waals surface area contributed by atoms with E-state index < -0.39 is 41.1 Å². The SMILES string of the molecule is CC(=O)[C@H]1[C@H](c2ccco2)C2(C(=O)OC(C)(C)OC2=O)C2c3ccccc3C=NN21. The summed E-state index contributed by atoms with van der Waals surface area (Å²) < 4.78 is 16.8. The van der Waals surface area contributed by atoms with Gasteiger partial charge in [-0.3, -0.25) is 19.4 Å². The van der Waals surface area contributed by atoms with E-state index in [1.54, 1.807) is 18.3 Å². The van der Waals surface area contributed by atoms with Crippen molar-refractivity contribution in [1.82, 2.24) is 5.01 Å². The first kappa shape index (κ1) is 18.6. The van der Waals surface area contributed by atoms with E-state index in [9.17, 15) is 14.4 Å². The number of Topliss-reactive ketones (excluding diaryl/α,β-unsaturated/α-hetero) is 1. The molecule has 1 aromatic heterocycles. The molecule has 5 rings (SSSR count). The Hall–Kier alpha value is -3.42. The monoisotopic (exact) mass is 408 g/mol. The third-order valence-electron chi connectivity index (χ3n) is 6.03. The van der Waals surface area contributed by atoms with Crippen LogP contribution in [0.2, 0.25) is 0 Å². The zero-order valence-corrected chi connectivity index (χ0v) is 16.7. The maximum Gasteiger partial charge on any atom is 0.330 e. The number of rotatable bonds is 2. The van der Waals surface area contributed by atoms with Gasteiger partial charge in [0.15, 0.2) is 5.78 Å². The van der Waals surface area contributed by atoms with Crippen molar-refractivity contribution in [3.8, 4) is 0 Å². The minimum absolute atomic E-state index is 0.250. The fourth-order valence-corrected chi connectivity index (χ4v) is 4.94. The summed E-state index contributed by atoms with van der Waals surface area (Å²) in [6, 6.07) is 8.84. The molecule has 0 N–H and O–H groups in total. The molecule has 2 saturated heterocycles. The van der Waals surface area contributed by atoms with Gasteiger partial charge in [-0.2, -0.15) is 5.10 Å². The predicted octanol–water partition coefficient (Wildman–Crippen LogP) is 2.55. The van der Waals surface area contributed by atoms with Crippen molar-refractivity contribution in [3.63, 3.8) is 0 Å². The minimum Gasteiger partial charge on any atom is -0.469 e. The maximum absolute atomic E-state index is 13.6. The highest BCUT2D eigenvalue weighted by Gasteiger charge is 2.75. The first-order valence-corrected chi connectivity index (χ1v) is 9.69. The van der Waals surface area contributed by atoms with Crippen LogP contribution in [-0.2, 0) is 23.9 Å². The number of hydrogen-bond acceptors (Lipinski definition) is 8. The number of hydrazone groups is 1. The van der Waals surface area contributed by atoms with Gasteiger partial charge in [0.2, 0.25) is 5.41 Å². The second-order valence-corrected chi connectivity index (χ2v) is 8.25. The molecule has 1 spiro atoms. The summed E-state index contributed by atoms with van der Waals surface area (Å²) in [7, 11) is 0. The lowest BCUT2D eigenvalue weighted by Crippen LogP contribution is -2.58. The second kappa shape index (κ2) is 6.04. The van der Waals surface area contributed by atoms with E-state index in [0.717, 1.165) is 5.56 Å². The van der Waals surface area contributed by atoms with Crippen LogP contribution in [0, 0.1) is 5.41 Å². The number of nitrogens with zero attached hydrogens (tertiary/aromatic N) is 2. The van der Waals surface area contributed by atoms with Crippen molar-refractivity contribution in [2.45, 2.75) is 44.6 Å². The lowest BCUT2D eigenvalue weighted by atomic mass is 9.67. The highest BCUT2D eigenvalue weighted by molar-refractivity contribution is 6.06. The lowest BCUT2D eigenvalue weighted by Gasteiger charge is -2.43. The molecule has 154 valence electrons. The average molecular weight is 408 g/mol. The van der Waals surface area contributed by atoms with Crippen molar-refractivity contribution in [2.75, 3.05) is 0 Å². The molecule has 1 aromatic carbocycles. The molecule has 1 unspecified atom stereocenters. The number of esters is 2. The summed E-state index contributed by atoms with van der Waals surface area (Å²) in [6.45, 7) is 4.41. The highest BCUT2D eigenvalue weighted by Crippen LogP contribution is 2.62. The fraction of sp³-hybridized carbons (Fsp3) is 0.364. The summed E-state index contributed by atoms with van der Waals surface area (Å²) in [5.41, 5.74) is -0.398. The van der Waals surface area contributed by atoms with Gasteiger partial charge in [0.1, 0.15) is 17.8 Å². The average Bonchev–Trinajstić information content (AvgIpc) is 3.30. The first-order chi connectivity index (χ1) is 14.3. The Kier molecular flexibility index (Phi) is 3.75. The molecule has 0 radical (unpaired) electrons. The summed E-state index contributed by atoms with van der Waals surface area (Å²) in [6.07, 6.45) is 3.07. The predicted molar refractivity (Wildman–Crippen MR) is 103 cm³/mol. The summed E-state index contributed by atoms with van der Waals surface area (Å²) in [4.78, 5) is 40.1. The molecule has 3 atom stereocenters. The van der Waals surface area contributed by atoms with Crippen molar-refractivity contribution < 1.29 is 28.3 Å². The number of cyclic esters (lactones) is 2. The van der Waals surface area contributed by atoms with Crippen LogP contribution in [-0.4, -0.2) is 40.8 Å². The van der Waals surface area contributed by atoms with E-state index in [1.165, 1.54) is 32.0 Å². The summed E-state index contributed by atoms with van der Waals surface area (Å²) in [5.74, 6) is -3.81. The molecule has 0 aliphatic carbocycles. The molecular formula is C22H20N2O6. The number of fused-ring (bicyclic) bond motifs is 4. The topological polar surface area (TPSA) is 98.4 Å². The molecule has 8 heteroatoms. The van der Waals surface area contributed by atoms with Crippen LogP contribution in [0.3, 0.4) is 0 Å². The van der Waals surface area contributed by atoms with E-state index >= 15 is 0 Å². The van der Waals surface area contributed by atoms with E-state index in [2.05, 4.69) is 5.10 Å². The molecular weight excluding hydrogens is 388 g/mol. The standard InChI is InChI=1S/C22H20N2O6/c1-12(25)17-16(15-9-6-10-28-15)22(19(26)29-21(2,3)30-20(22)27)18-14-8-5-4-7-13(14)11-23-24(17)18/h4-11,16-18H,1-3H3/t16-,17-,18?/m0/s1. The minimum atomic E-state index is -1.85. The first-order valence-electron chi connectivity index (χ1n) is 9.69. The largest absolute Gasteiger partial charge is 0.469 e. The van der Waals surface area contributed by atoms with Crippen LogP contribution in [0.4, 0.5) is 0 Å². The Morgan fingerprint density at radius 3 is 2.40 bits per heavy atom. The van der Waals surface area contributed by atoms with E-state index in [0.29, 0.717) is 11.3 Å². The molecule has 0 saturated carbocycles.